The van der Waals surface area contributed by atoms with Gasteiger partial charge >= 0.3 is 0 Å². The van der Waals surface area contributed by atoms with Crippen LogP contribution in [0.2, 0.25) is 0 Å². The van der Waals surface area contributed by atoms with Crippen molar-refractivity contribution < 1.29 is 9.59 Å². The maximum Gasteiger partial charge on any atom is 0.251 e. The summed E-state index contributed by atoms with van der Waals surface area (Å²) in [5.74, 6) is -0.539. The Morgan fingerprint density at radius 2 is 2.19 bits per heavy atom. The minimum atomic E-state index is -0.266. The van der Waals surface area contributed by atoms with Crippen LogP contribution in [-0.4, -0.2) is 31.4 Å². The van der Waals surface area contributed by atoms with Gasteiger partial charge in [0.05, 0.1) is 17.3 Å². The predicted molar refractivity (Wildman–Crippen MR) is 83.0 cm³/mol. The van der Waals surface area contributed by atoms with E-state index in [1.165, 1.54) is 0 Å². The normalized spacial score (nSPS) is 18.3. The maximum absolute atomic E-state index is 11.8. The quantitative estimate of drug-likeness (QED) is 0.711. The first-order valence-corrected chi connectivity index (χ1v) is 7.25. The standard InChI is InChI=1S/C15H22N4O2/c1-2-18-15(21)10-5-6-13(12(16)8-10)19-7-3-4-11(9-19)14(17)20/h5-6,8,11H,2-4,7,9,16H2,1H3,(H2,17,20)(H,18,21). The second-order valence-corrected chi connectivity index (χ2v) is 5.32. The third-order valence-corrected chi connectivity index (χ3v) is 3.79. The molecule has 5 N–H and O–H groups in total. The minimum Gasteiger partial charge on any atom is -0.397 e. The molecule has 0 aromatic heterocycles. The van der Waals surface area contributed by atoms with Gasteiger partial charge in [0.2, 0.25) is 5.91 Å². The van der Waals surface area contributed by atoms with E-state index in [4.69, 9.17) is 11.5 Å². The smallest absolute Gasteiger partial charge is 0.251 e. The summed E-state index contributed by atoms with van der Waals surface area (Å²) < 4.78 is 0. The summed E-state index contributed by atoms with van der Waals surface area (Å²) in [6, 6.07) is 5.27. The average Bonchev–Trinajstić information content (AvgIpc) is 2.47. The van der Waals surface area contributed by atoms with Crippen LogP contribution in [0.3, 0.4) is 0 Å². The Morgan fingerprint density at radius 1 is 1.43 bits per heavy atom. The van der Waals surface area contributed by atoms with E-state index in [2.05, 4.69) is 10.2 Å². The second-order valence-electron chi connectivity index (χ2n) is 5.32. The third kappa shape index (κ3) is 3.45. The van der Waals surface area contributed by atoms with Crippen LogP contribution in [0.1, 0.15) is 30.1 Å². The van der Waals surface area contributed by atoms with E-state index in [-0.39, 0.29) is 17.7 Å². The van der Waals surface area contributed by atoms with Gasteiger partial charge in [0.15, 0.2) is 0 Å². The number of carbonyl (C=O) groups excluding carboxylic acids is 2. The Kier molecular flexibility index (Phi) is 4.67. The first-order chi connectivity index (χ1) is 10.0. The first kappa shape index (κ1) is 15.2. The van der Waals surface area contributed by atoms with Crippen molar-refractivity contribution in [2.75, 3.05) is 30.3 Å². The van der Waals surface area contributed by atoms with E-state index in [1.54, 1.807) is 12.1 Å². The number of piperidine rings is 1. The van der Waals surface area contributed by atoms with Crippen LogP contribution in [0.5, 0.6) is 0 Å². The number of amides is 2. The van der Waals surface area contributed by atoms with Gasteiger partial charge in [-0.15, -0.1) is 0 Å². The lowest BCUT2D eigenvalue weighted by Gasteiger charge is -2.33. The number of hydrogen-bond acceptors (Lipinski definition) is 4. The summed E-state index contributed by atoms with van der Waals surface area (Å²) in [6.45, 7) is 3.87. The highest BCUT2D eigenvalue weighted by Gasteiger charge is 2.25. The molecule has 114 valence electrons. The summed E-state index contributed by atoms with van der Waals surface area (Å²) in [5.41, 5.74) is 13.4. The molecule has 0 spiro atoms. The van der Waals surface area contributed by atoms with E-state index < -0.39 is 0 Å². The molecule has 1 unspecified atom stereocenters. The Morgan fingerprint density at radius 3 is 2.81 bits per heavy atom. The monoisotopic (exact) mass is 290 g/mol. The number of benzene rings is 1. The molecule has 21 heavy (non-hydrogen) atoms. The number of nitrogens with zero attached hydrogens (tertiary/aromatic N) is 1. The van der Waals surface area contributed by atoms with E-state index in [0.717, 1.165) is 25.1 Å². The molecule has 0 aliphatic carbocycles. The molecule has 1 atom stereocenters. The molecular formula is C15H22N4O2. The van der Waals surface area contributed by atoms with Crippen LogP contribution in [0.25, 0.3) is 0 Å². The van der Waals surface area contributed by atoms with Crippen LogP contribution in [0, 0.1) is 5.92 Å². The van der Waals surface area contributed by atoms with Gasteiger partial charge in [-0.25, -0.2) is 0 Å². The van der Waals surface area contributed by atoms with Crippen LogP contribution in [0.15, 0.2) is 18.2 Å². The molecular weight excluding hydrogens is 268 g/mol. The molecule has 1 aromatic carbocycles. The van der Waals surface area contributed by atoms with Crippen LogP contribution in [0.4, 0.5) is 11.4 Å². The topological polar surface area (TPSA) is 101 Å². The summed E-state index contributed by atoms with van der Waals surface area (Å²) in [4.78, 5) is 25.2. The van der Waals surface area contributed by atoms with Crippen molar-refractivity contribution >= 4 is 23.2 Å². The Balaban J connectivity index is 2.17. The molecule has 1 heterocycles. The lowest BCUT2D eigenvalue weighted by atomic mass is 9.96. The van der Waals surface area contributed by atoms with Gasteiger partial charge in [-0.1, -0.05) is 0 Å². The average molecular weight is 290 g/mol. The molecule has 1 aliphatic rings. The fourth-order valence-corrected chi connectivity index (χ4v) is 2.67. The van der Waals surface area contributed by atoms with Gasteiger partial charge in [-0.05, 0) is 38.0 Å². The number of rotatable bonds is 4. The summed E-state index contributed by atoms with van der Waals surface area (Å²) in [5, 5.41) is 2.74. The van der Waals surface area contributed by atoms with Crippen molar-refractivity contribution in [1.29, 1.82) is 0 Å². The molecule has 2 rings (SSSR count). The van der Waals surface area contributed by atoms with Gasteiger partial charge in [0, 0.05) is 25.2 Å². The predicted octanol–water partition coefficient (Wildman–Crippen LogP) is 0.720. The Bertz CT molecular complexity index is 544. The lowest BCUT2D eigenvalue weighted by Crippen LogP contribution is -2.41. The fourth-order valence-electron chi connectivity index (χ4n) is 2.67. The van der Waals surface area contributed by atoms with Crippen molar-refractivity contribution in [2.24, 2.45) is 11.7 Å². The summed E-state index contributed by atoms with van der Waals surface area (Å²) in [7, 11) is 0. The van der Waals surface area contributed by atoms with Crippen LogP contribution in [-0.2, 0) is 4.79 Å². The van der Waals surface area contributed by atoms with Gasteiger partial charge in [-0.2, -0.15) is 0 Å². The number of nitrogens with one attached hydrogen (secondary N) is 1. The number of primary amides is 1. The Hall–Kier alpha value is -2.24. The van der Waals surface area contributed by atoms with Crippen LogP contribution >= 0.6 is 0 Å². The highest BCUT2D eigenvalue weighted by Crippen LogP contribution is 2.28. The molecule has 0 radical (unpaired) electrons. The highest BCUT2D eigenvalue weighted by atomic mass is 16.2. The number of nitrogens with two attached hydrogens (primary N) is 2. The van der Waals surface area contributed by atoms with Gasteiger partial charge in [0.1, 0.15) is 0 Å². The molecule has 2 amide bonds. The molecule has 1 aromatic rings. The SMILES string of the molecule is CCNC(=O)c1ccc(N2CCCC(C(N)=O)C2)c(N)c1. The third-order valence-electron chi connectivity index (χ3n) is 3.79. The molecule has 1 saturated heterocycles. The zero-order chi connectivity index (χ0) is 15.4. The van der Waals surface area contributed by atoms with E-state index in [1.807, 2.05) is 13.0 Å². The largest absolute Gasteiger partial charge is 0.397 e. The zero-order valence-electron chi connectivity index (χ0n) is 12.3. The second kappa shape index (κ2) is 6.47. The number of carbonyl (C=O) groups is 2. The molecule has 0 bridgehead atoms. The molecule has 1 fully saturated rings. The van der Waals surface area contributed by atoms with Gasteiger partial charge < -0.3 is 21.7 Å². The van der Waals surface area contributed by atoms with Crippen molar-refractivity contribution in [3.63, 3.8) is 0 Å². The number of anilines is 2. The maximum atomic E-state index is 11.8. The molecule has 6 nitrogen and oxygen atoms in total. The van der Waals surface area contributed by atoms with E-state index >= 15 is 0 Å². The fraction of sp³-hybridized carbons (Fsp3) is 0.467. The molecule has 0 saturated carbocycles. The highest BCUT2D eigenvalue weighted by molar-refractivity contribution is 5.96. The number of nitrogen functional groups attached to an aromatic ring is 1. The minimum absolute atomic E-state index is 0.135. The lowest BCUT2D eigenvalue weighted by molar-refractivity contribution is -0.122. The van der Waals surface area contributed by atoms with E-state index in [0.29, 0.717) is 24.3 Å². The summed E-state index contributed by atoms with van der Waals surface area (Å²) in [6.07, 6.45) is 1.73. The Labute approximate surface area is 124 Å². The van der Waals surface area contributed by atoms with Crippen molar-refractivity contribution in [3.8, 4) is 0 Å². The molecule has 1 aliphatic heterocycles. The van der Waals surface area contributed by atoms with Gasteiger partial charge in [0.25, 0.3) is 5.91 Å². The van der Waals surface area contributed by atoms with Crippen molar-refractivity contribution in [2.45, 2.75) is 19.8 Å². The summed E-state index contributed by atoms with van der Waals surface area (Å²) >= 11 is 0. The van der Waals surface area contributed by atoms with Crippen molar-refractivity contribution in [1.82, 2.24) is 5.32 Å². The zero-order valence-corrected chi connectivity index (χ0v) is 12.3. The van der Waals surface area contributed by atoms with Gasteiger partial charge in [-0.3, -0.25) is 9.59 Å². The van der Waals surface area contributed by atoms with E-state index in [9.17, 15) is 9.59 Å². The first-order valence-electron chi connectivity index (χ1n) is 7.25. The molecule has 6 heteroatoms. The van der Waals surface area contributed by atoms with Crippen molar-refractivity contribution in [3.05, 3.63) is 23.8 Å². The number of hydrogen-bond donors (Lipinski definition) is 3. The van der Waals surface area contributed by atoms with Crippen LogP contribution < -0.4 is 21.7 Å².